The van der Waals surface area contributed by atoms with Gasteiger partial charge in [0.25, 0.3) is 0 Å². The van der Waals surface area contributed by atoms with Gasteiger partial charge in [-0.25, -0.2) is 41.1 Å². The van der Waals surface area contributed by atoms with Gasteiger partial charge in [-0.3, -0.25) is 5.43 Å². The Bertz CT molecular complexity index is 3520. The molecule has 0 radical (unpaired) electrons. The van der Waals surface area contributed by atoms with Gasteiger partial charge < -0.3 is 39.3 Å². The standard InChI is InChI=1S/C55H60N10O11S2/c1-35(29-56-53(66)75-34-38-12-9-8-10-13-38)63-77(68,69)47-27-25-42(43-14-11-15-44-50(43)61-48(59-44)31-57-54(67)76-55(2,3)4)49(52-60-45-28-39(30-58-64-62-52)20-26-46(45)74-7)51(47)78(70,71)65(32-36-16-21-40(72-5)22-17-36)33-37-18-23-41(73-6)24-19-37/h8-28,35,63H,29-34H2,1-7H3,(H,56,66)(H,57,67)(H,59,61)(H,58,60,62)/t35-/m1/s1. The number of para-hydroxylation sites is 1. The first-order valence-corrected chi connectivity index (χ1v) is 27.5. The van der Waals surface area contributed by atoms with Crippen molar-refractivity contribution in [1.82, 2.24) is 35.1 Å². The highest BCUT2D eigenvalue weighted by Crippen LogP contribution is 2.41. The molecular formula is C55H60N10O11S2. The third kappa shape index (κ3) is 13.8. The maximum absolute atomic E-state index is 16.5. The zero-order valence-corrected chi connectivity index (χ0v) is 45.6. The van der Waals surface area contributed by atoms with Crippen LogP contribution in [-0.2, 0) is 62.3 Å². The number of aromatic amines is 1. The van der Waals surface area contributed by atoms with Crippen molar-refractivity contribution in [1.29, 1.82) is 0 Å². The van der Waals surface area contributed by atoms with E-state index in [4.69, 9.17) is 33.7 Å². The lowest BCUT2D eigenvalue weighted by atomic mass is 9.97. The number of carbonyl (C=O) groups excluding carboxylic acids is 2. The van der Waals surface area contributed by atoms with Crippen LogP contribution in [0.1, 0.15) is 61.3 Å². The number of sulfonamides is 2. The van der Waals surface area contributed by atoms with E-state index in [1.807, 2.05) is 6.07 Å². The van der Waals surface area contributed by atoms with Crippen LogP contribution in [0.5, 0.6) is 17.2 Å². The average molecular weight is 1100 g/mol. The molecule has 21 nitrogen and oxygen atoms in total. The maximum Gasteiger partial charge on any atom is 0.408 e. The van der Waals surface area contributed by atoms with Crippen LogP contribution in [0.25, 0.3) is 22.2 Å². The van der Waals surface area contributed by atoms with Gasteiger partial charge in [-0.15, -0.1) is 5.11 Å². The number of fused-ring (bicyclic) bond motifs is 3. The van der Waals surface area contributed by atoms with Crippen molar-refractivity contribution in [2.24, 2.45) is 15.3 Å². The van der Waals surface area contributed by atoms with Crippen LogP contribution in [-0.4, -0.2) is 88.6 Å². The molecule has 0 aliphatic carbocycles. The number of hydrogen-bond donors (Lipinski definition) is 5. The van der Waals surface area contributed by atoms with E-state index in [1.165, 1.54) is 40.4 Å². The number of carbonyl (C=O) groups is 2. The summed E-state index contributed by atoms with van der Waals surface area (Å²) in [7, 11) is -5.54. The summed E-state index contributed by atoms with van der Waals surface area (Å²) in [6, 6.07) is 34.6. The van der Waals surface area contributed by atoms with Crippen LogP contribution in [0.3, 0.4) is 0 Å². The summed E-state index contributed by atoms with van der Waals surface area (Å²) in [6.07, 6.45) is -1.48. The molecule has 2 bridgehead atoms. The van der Waals surface area contributed by atoms with Crippen molar-refractivity contribution in [2.75, 3.05) is 27.9 Å². The van der Waals surface area contributed by atoms with Crippen molar-refractivity contribution in [3.05, 3.63) is 161 Å². The number of ether oxygens (including phenoxy) is 5. The predicted molar refractivity (Wildman–Crippen MR) is 292 cm³/mol. The molecule has 1 aliphatic rings. The SMILES string of the molecule is COc1ccc(CN(Cc2ccc(OC)cc2)S(=O)(=O)c2c(S(=O)(=O)N[C@H](C)CNC(=O)OCc3ccccc3)ccc(-c3cccc4[nH]c(CNC(=O)OC(C)(C)C)nc34)c2C2=N/c3cc(ccc3OC)CN/N=N\2)cc1. The van der Waals surface area contributed by atoms with Crippen LogP contribution in [0.2, 0.25) is 0 Å². The maximum atomic E-state index is 16.5. The Kier molecular flexibility index (Phi) is 17.4. The van der Waals surface area contributed by atoms with E-state index in [0.717, 1.165) is 15.4 Å². The number of amidine groups is 1. The summed E-state index contributed by atoms with van der Waals surface area (Å²) in [5.41, 5.74) is 5.90. The Labute approximate surface area is 452 Å². The number of alkyl carbamates (subject to hydrolysis) is 2. The molecular weight excluding hydrogens is 1040 g/mol. The topological polar surface area (TPSA) is 266 Å². The molecule has 2 amide bonds. The minimum atomic E-state index is -5.11. The number of benzene rings is 6. The lowest BCUT2D eigenvalue weighted by Crippen LogP contribution is -2.42. The van der Waals surface area contributed by atoms with E-state index >= 15 is 16.8 Å². The van der Waals surface area contributed by atoms with E-state index in [0.29, 0.717) is 50.8 Å². The Morgan fingerprint density at radius 1 is 0.744 bits per heavy atom. The van der Waals surface area contributed by atoms with Gasteiger partial charge in [0.15, 0.2) is 5.84 Å². The van der Waals surface area contributed by atoms with Crippen molar-refractivity contribution in [2.45, 2.75) is 81.9 Å². The Morgan fingerprint density at radius 3 is 2.06 bits per heavy atom. The number of imidazole rings is 1. The van der Waals surface area contributed by atoms with Gasteiger partial charge in [-0.1, -0.05) is 84.1 Å². The molecule has 5 N–H and O–H groups in total. The molecule has 0 saturated carbocycles. The van der Waals surface area contributed by atoms with E-state index in [9.17, 15) is 9.59 Å². The number of H-pyrrole nitrogens is 1. The summed E-state index contributed by atoms with van der Waals surface area (Å²) in [5.74, 6) is 1.35. The number of amides is 2. The highest BCUT2D eigenvalue weighted by atomic mass is 32.2. The average Bonchev–Trinajstić information content (AvgIpc) is 3.95. The summed E-state index contributed by atoms with van der Waals surface area (Å²) >= 11 is 0. The first kappa shape index (κ1) is 55.8. The van der Waals surface area contributed by atoms with Gasteiger partial charge in [-0.2, -0.15) is 4.31 Å². The van der Waals surface area contributed by atoms with Gasteiger partial charge in [-0.05, 0) is 104 Å². The number of nitrogens with one attached hydrogen (secondary N) is 5. The van der Waals surface area contributed by atoms with Gasteiger partial charge >= 0.3 is 12.2 Å². The fourth-order valence-electron chi connectivity index (χ4n) is 8.32. The monoisotopic (exact) mass is 1100 g/mol. The van der Waals surface area contributed by atoms with Crippen LogP contribution in [0, 0.1) is 0 Å². The largest absolute Gasteiger partial charge is 0.497 e. The molecule has 6 aromatic carbocycles. The van der Waals surface area contributed by atoms with Gasteiger partial charge in [0, 0.05) is 31.2 Å². The molecule has 0 unspecified atom stereocenters. The van der Waals surface area contributed by atoms with Crippen molar-refractivity contribution in [3.63, 3.8) is 0 Å². The molecule has 7 aromatic rings. The second kappa shape index (κ2) is 24.3. The second-order valence-electron chi connectivity index (χ2n) is 19.0. The van der Waals surface area contributed by atoms with Crippen LogP contribution in [0.4, 0.5) is 15.3 Å². The predicted octanol–water partition coefficient (Wildman–Crippen LogP) is 8.81. The van der Waals surface area contributed by atoms with Gasteiger partial charge in [0.2, 0.25) is 20.0 Å². The van der Waals surface area contributed by atoms with Crippen LogP contribution < -0.4 is 35.0 Å². The Hall–Kier alpha value is -8.38. The molecule has 23 heteroatoms. The van der Waals surface area contributed by atoms with Gasteiger partial charge in [0.1, 0.15) is 50.8 Å². The Morgan fingerprint density at radius 2 is 1.42 bits per heavy atom. The minimum absolute atomic E-state index is 0.0319. The third-order valence-corrected chi connectivity index (χ3v) is 15.6. The smallest absolute Gasteiger partial charge is 0.408 e. The zero-order chi connectivity index (χ0) is 55.6. The van der Waals surface area contributed by atoms with Crippen LogP contribution >= 0.6 is 0 Å². The fraction of sp³-hybridized carbons (Fsp3) is 0.273. The molecule has 2 heterocycles. The summed E-state index contributed by atoms with van der Waals surface area (Å²) < 4.78 is 94.8. The highest BCUT2D eigenvalue weighted by molar-refractivity contribution is 7.92. The number of nitrogens with zero attached hydrogens (tertiary/aromatic N) is 5. The lowest BCUT2D eigenvalue weighted by molar-refractivity contribution is 0.0522. The summed E-state index contributed by atoms with van der Waals surface area (Å²) in [4.78, 5) is 37.3. The van der Waals surface area contributed by atoms with E-state index in [2.05, 4.69) is 36.1 Å². The molecule has 78 heavy (non-hydrogen) atoms. The molecule has 1 aliphatic heterocycles. The van der Waals surface area contributed by atoms with Crippen molar-refractivity contribution >= 4 is 54.8 Å². The normalized spacial score (nSPS) is 14.1. The third-order valence-electron chi connectivity index (χ3n) is 12.0. The van der Waals surface area contributed by atoms with Crippen molar-refractivity contribution in [3.8, 4) is 28.4 Å². The first-order valence-electron chi connectivity index (χ1n) is 24.6. The second-order valence-corrected chi connectivity index (χ2v) is 22.5. The number of aromatic nitrogens is 2. The quantitative estimate of drug-likeness (QED) is 0.0478. The lowest BCUT2D eigenvalue weighted by Gasteiger charge is -2.27. The van der Waals surface area contributed by atoms with Gasteiger partial charge in [0.05, 0.1) is 51.0 Å². The number of rotatable bonds is 20. The molecule has 0 spiro atoms. The summed E-state index contributed by atoms with van der Waals surface area (Å²) in [6.45, 7) is 6.02. The minimum Gasteiger partial charge on any atom is -0.497 e. The fourth-order valence-corrected chi connectivity index (χ4v) is 12.0. The molecule has 0 fully saturated rings. The van der Waals surface area contributed by atoms with Crippen molar-refractivity contribution < 1.29 is 50.1 Å². The molecule has 1 aromatic heterocycles. The molecule has 408 valence electrons. The molecule has 0 saturated heterocycles. The Balaban J connectivity index is 1.36. The van der Waals surface area contributed by atoms with Crippen LogP contribution in [0.15, 0.2) is 153 Å². The van der Waals surface area contributed by atoms with E-state index < -0.39 is 53.7 Å². The highest BCUT2D eigenvalue weighted by Gasteiger charge is 2.39. The number of hydrogen-bond acceptors (Lipinski definition) is 16. The number of aliphatic imine (C=N–C) groups is 1. The molecule has 1 atom stereocenters. The zero-order valence-electron chi connectivity index (χ0n) is 44.0. The first-order chi connectivity index (χ1) is 37.3. The summed E-state index contributed by atoms with van der Waals surface area (Å²) in [5, 5.41) is 14.1. The van der Waals surface area contributed by atoms with E-state index in [1.54, 1.807) is 130 Å². The molecule has 8 rings (SSSR count). The van der Waals surface area contributed by atoms with E-state index in [-0.39, 0.29) is 62.0 Å². The number of methoxy groups -OCH3 is 3.